The molecule has 138 valence electrons. The Hall–Kier alpha value is -1.67. The monoisotopic (exact) mass is 366 g/mol. The van der Waals surface area contributed by atoms with E-state index >= 15 is 0 Å². The summed E-state index contributed by atoms with van der Waals surface area (Å²) in [5.74, 6) is 0.715. The zero-order valence-electron chi connectivity index (χ0n) is 15.0. The number of anilines is 1. The molecule has 2 aliphatic rings. The van der Waals surface area contributed by atoms with Crippen LogP contribution in [0.15, 0.2) is 23.2 Å². The third kappa shape index (κ3) is 3.79. The lowest BCUT2D eigenvalue weighted by molar-refractivity contribution is -0.131. The van der Waals surface area contributed by atoms with Crippen LogP contribution < -0.4 is 5.32 Å². The molecular formula is C17H26N4O3S. The van der Waals surface area contributed by atoms with E-state index in [4.69, 9.17) is 0 Å². The van der Waals surface area contributed by atoms with E-state index in [9.17, 15) is 13.2 Å². The Morgan fingerprint density at radius 2 is 1.88 bits per heavy atom. The van der Waals surface area contributed by atoms with Crippen molar-refractivity contribution in [3.8, 4) is 0 Å². The van der Waals surface area contributed by atoms with Crippen LogP contribution in [0.3, 0.4) is 0 Å². The van der Waals surface area contributed by atoms with Crippen LogP contribution in [0.5, 0.6) is 0 Å². The Morgan fingerprint density at radius 1 is 1.20 bits per heavy atom. The van der Waals surface area contributed by atoms with E-state index in [1.165, 1.54) is 10.5 Å². The highest BCUT2D eigenvalue weighted by atomic mass is 32.2. The molecule has 1 amide bonds. The van der Waals surface area contributed by atoms with E-state index in [2.05, 4.69) is 10.3 Å². The Bertz CT molecular complexity index is 734. The molecule has 1 unspecified atom stereocenters. The molecule has 0 aliphatic carbocycles. The van der Waals surface area contributed by atoms with Gasteiger partial charge in [0.2, 0.25) is 15.9 Å². The van der Waals surface area contributed by atoms with Crippen molar-refractivity contribution in [1.82, 2.24) is 14.2 Å². The molecule has 25 heavy (non-hydrogen) atoms. The molecule has 3 rings (SSSR count). The fraction of sp³-hybridized carbons (Fsp3) is 0.647. The van der Waals surface area contributed by atoms with E-state index in [1.54, 1.807) is 12.1 Å². The summed E-state index contributed by atoms with van der Waals surface area (Å²) in [5.41, 5.74) is -0.200. The Kier molecular flexibility index (Phi) is 4.76. The van der Waals surface area contributed by atoms with Gasteiger partial charge in [-0.25, -0.2) is 13.4 Å². The second kappa shape index (κ2) is 6.57. The van der Waals surface area contributed by atoms with Crippen molar-refractivity contribution in [3.63, 3.8) is 0 Å². The van der Waals surface area contributed by atoms with Gasteiger partial charge in [0.1, 0.15) is 10.7 Å². The van der Waals surface area contributed by atoms with Crippen LogP contribution in [0.2, 0.25) is 0 Å². The lowest BCUT2D eigenvalue weighted by Gasteiger charge is -2.32. The third-order valence-corrected chi connectivity index (χ3v) is 6.61. The maximum absolute atomic E-state index is 12.5. The summed E-state index contributed by atoms with van der Waals surface area (Å²) >= 11 is 0. The minimum Gasteiger partial charge on any atom is -0.365 e. The topological polar surface area (TPSA) is 82.6 Å². The van der Waals surface area contributed by atoms with E-state index in [0.29, 0.717) is 31.9 Å². The highest BCUT2D eigenvalue weighted by Gasteiger charge is 2.36. The standard InChI is InChI=1S/C17H26N4O3S/c1-17(2,3)21-12-13(10-16(21)22)19-15-7-6-14(11-18-15)25(23,24)20-8-4-5-9-20/h6-7,11,13H,4-5,8-10,12H2,1-3H3,(H,18,19). The van der Waals surface area contributed by atoms with Crippen LogP contribution in [-0.4, -0.2) is 59.7 Å². The van der Waals surface area contributed by atoms with Gasteiger partial charge in [0.25, 0.3) is 0 Å². The van der Waals surface area contributed by atoms with Crippen molar-refractivity contribution >= 4 is 21.7 Å². The summed E-state index contributed by atoms with van der Waals surface area (Å²) < 4.78 is 26.5. The average molecular weight is 366 g/mol. The second-order valence-corrected chi connectivity index (χ2v) is 9.65. The maximum atomic E-state index is 12.5. The van der Waals surface area contributed by atoms with E-state index in [-0.39, 0.29) is 22.4 Å². The number of rotatable bonds is 4. The first-order valence-corrected chi connectivity index (χ1v) is 10.2. The first-order chi connectivity index (χ1) is 11.7. The summed E-state index contributed by atoms with van der Waals surface area (Å²) in [7, 11) is -3.44. The van der Waals surface area contributed by atoms with Crippen molar-refractivity contribution in [2.24, 2.45) is 0 Å². The number of carbonyl (C=O) groups excluding carboxylic acids is 1. The lowest BCUT2D eigenvalue weighted by atomic mass is 10.1. The predicted molar refractivity (Wildman–Crippen MR) is 95.7 cm³/mol. The molecule has 2 aliphatic heterocycles. The fourth-order valence-corrected chi connectivity index (χ4v) is 4.82. The molecule has 1 N–H and O–H groups in total. The summed E-state index contributed by atoms with van der Waals surface area (Å²) in [6.45, 7) is 7.83. The van der Waals surface area contributed by atoms with Gasteiger partial charge in [-0.15, -0.1) is 0 Å². The van der Waals surface area contributed by atoms with Crippen LogP contribution in [0, 0.1) is 0 Å². The van der Waals surface area contributed by atoms with Crippen LogP contribution in [-0.2, 0) is 14.8 Å². The molecule has 3 heterocycles. The molecular weight excluding hydrogens is 340 g/mol. The highest BCUT2D eigenvalue weighted by molar-refractivity contribution is 7.89. The fourth-order valence-electron chi connectivity index (χ4n) is 3.36. The van der Waals surface area contributed by atoms with Gasteiger partial charge in [-0.1, -0.05) is 0 Å². The third-order valence-electron chi connectivity index (χ3n) is 4.73. The van der Waals surface area contributed by atoms with Crippen molar-refractivity contribution in [2.45, 2.75) is 56.5 Å². The van der Waals surface area contributed by atoms with E-state index < -0.39 is 10.0 Å². The molecule has 0 bridgehead atoms. The summed E-state index contributed by atoms with van der Waals surface area (Å²) in [5, 5.41) is 3.24. The Balaban J connectivity index is 1.67. The molecule has 0 spiro atoms. The number of aromatic nitrogens is 1. The first-order valence-electron chi connectivity index (χ1n) is 8.71. The quantitative estimate of drug-likeness (QED) is 0.877. The van der Waals surface area contributed by atoms with E-state index in [1.807, 2.05) is 25.7 Å². The maximum Gasteiger partial charge on any atom is 0.244 e. The summed E-state index contributed by atoms with van der Waals surface area (Å²) in [6, 6.07) is 3.24. The SMILES string of the molecule is CC(C)(C)N1CC(Nc2ccc(S(=O)(=O)N3CCCC3)cn2)CC1=O. The number of amides is 1. The van der Waals surface area contributed by atoms with Gasteiger partial charge in [0.05, 0.1) is 6.04 Å². The number of sulfonamides is 1. The number of pyridine rings is 1. The first kappa shape index (κ1) is 18.1. The number of nitrogens with zero attached hydrogens (tertiary/aromatic N) is 3. The summed E-state index contributed by atoms with van der Waals surface area (Å²) in [4.78, 5) is 18.5. The molecule has 1 aromatic rings. The molecule has 2 fully saturated rings. The lowest BCUT2D eigenvalue weighted by Crippen LogP contribution is -2.43. The molecule has 7 nitrogen and oxygen atoms in total. The van der Waals surface area contributed by atoms with Crippen LogP contribution in [0.25, 0.3) is 0 Å². The molecule has 0 aromatic carbocycles. The second-order valence-electron chi connectivity index (χ2n) is 7.71. The number of nitrogens with one attached hydrogen (secondary N) is 1. The number of carbonyl (C=O) groups is 1. The van der Waals surface area contributed by atoms with Gasteiger partial charge in [-0.05, 0) is 45.7 Å². The van der Waals surface area contributed by atoms with Crippen molar-refractivity contribution in [3.05, 3.63) is 18.3 Å². The smallest absolute Gasteiger partial charge is 0.244 e. The predicted octanol–water partition coefficient (Wildman–Crippen LogP) is 1.68. The molecule has 0 saturated carbocycles. The average Bonchev–Trinajstić information content (AvgIpc) is 3.17. The molecule has 8 heteroatoms. The van der Waals surface area contributed by atoms with Crippen molar-refractivity contribution < 1.29 is 13.2 Å². The van der Waals surface area contributed by atoms with Gasteiger partial charge in [-0.3, -0.25) is 4.79 Å². The van der Waals surface area contributed by atoms with Crippen molar-refractivity contribution in [1.29, 1.82) is 0 Å². The van der Waals surface area contributed by atoms with Gasteiger partial charge < -0.3 is 10.2 Å². The normalized spacial score (nSPS) is 22.6. The zero-order valence-corrected chi connectivity index (χ0v) is 15.8. The molecule has 2 saturated heterocycles. The van der Waals surface area contributed by atoms with Crippen LogP contribution >= 0.6 is 0 Å². The number of likely N-dealkylation sites (tertiary alicyclic amines) is 1. The molecule has 0 radical (unpaired) electrons. The minimum atomic E-state index is -3.44. The number of hydrogen-bond donors (Lipinski definition) is 1. The highest BCUT2D eigenvalue weighted by Crippen LogP contribution is 2.25. The number of hydrogen-bond acceptors (Lipinski definition) is 5. The molecule has 1 atom stereocenters. The van der Waals surface area contributed by atoms with Crippen molar-refractivity contribution in [2.75, 3.05) is 25.0 Å². The minimum absolute atomic E-state index is 0.0136. The van der Waals surface area contributed by atoms with Gasteiger partial charge >= 0.3 is 0 Å². The summed E-state index contributed by atoms with van der Waals surface area (Å²) in [6.07, 6.45) is 3.64. The van der Waals surface area contributed by atoms with Crippen LogP contribution in [0.4, 0.5) is 5.82 Å². The van der Waals surface area contributed by atoms with Crippen LogP contribution in [0.1, 0.15) is 40.0 Å². The largest absolute Gasteiger partial charge is 0.365 e. The zero-order chi connectivity index (χ0) is 18.2. The van der Waals surface area contributed by atoms with E-state index in [0.717, 1.165) is 12.8 Å². The molecule has 1 aromatic heterocycles. The Labute approximate surface area is 149 Å². The van der Waals surface area contributed by atoms with Gasteiger partial charge in [0, 0.05) is 37.8 Å². The Morgan fingerprint density at radius 3 is 2.40 bits per heavy atom. The van der Waals surface area contributed by atoms with Gasteiger partial charge in [0.15, 0.2) is 0 Å². The van der Waals surface area contributed by atoms with Gasteiger partial charge in [-0.2, -0.15) is 4.31 Å².